The molecule has 0 N–H and O–H groups in total. The number of nitrogens with zero attached hydrogens (tertiary/aromatic N) is 1. The molecule has 0 saturated carbocycles. The monoisotopic (exact) mass is 307 g/mol. The third kappa shape index (κ3) is 3.69. The number of pyridine rings is 1. The molecule has 23 heavy (non-hydrogen) atoms. The highest BCUT2D eigenvalue weighted by Gasteiger charge is 2.33. The lowest BCUT2D eigenvalue weighted by Gasteiger charge is -2.30. The maximum Gasteiger partial charge on any atom is 0.143 e. The van der Waals surface area contributed by atoms with Gasteiger partial charge in [-0.25, -0.2) is 0 Å². The van der Waals surface area contributed by atoms with Crippen LogP contribution in [0.15, 0.2) is 48.7 Å². The first-order valence-electron chi connectivity index (χ1n) is 8.81. The van der Waals surface area contributed by atoms with E-state index in [1.54, 1.807) is 0 Å². The van der Waals surface area contributed by atoms with Gasteiger partial charge in [-0.1, -0.05) is 50.1 Å². The Balaban J connectivity index is 1.76. The van der Waals surface area contributed by atoms with Crippen LogP contribution in [-0.2, 0) is 17.6 Å². The summed E-state index contributed by atoms with van der Waals surface area (Å²) in [5.41, 5.74) is 3.74. The lowest BCUT2D eigenvalue weighted by molar-refractivity contribution is -0.125. The van der Waals surface area contributed by atoms with Gasteiger partial charge in [0.25, 0.3) is 0 Å². The molecule has 0 radical (unpaired) electrons. The smallest absolute Gasteiger partial charge is 0.143 e. The maximum atomic E-state index is 13.0. The van der Waals surface area contributed by atoms with Crippen molar-refractivity contribution >= 4 is 5.78 Å². The van der Waals surface area contributed by atoms with Gasteiger partial charge in [0.15, 0.2) is 0 Å². The molecule has 0 fully saturated rings. The number of aromatic nitrogens is 1. The molecule has 2 heteroatoms. The molecule has 0 saturated heterocycles. The number of hydrogen-bond acceptors (Lipinski definition) is 2. The number of fused-ring (bicyclic) bond motifs is 1. The summed E-state index contributed by atoms with van der Waals surface area (Å²) in [5, 5.41) is 0. The molecule has 2 aromatic rings. The fraction of sp³-hybridized carbons (Fsp3) is 0.429. The van der Waals surface area contributed by atoms with Crippen LogP contribution in [0.2, 0.25) is 0 Å². The van der Waals surface area contributed by atoms with Crippen LogP contribution in [0.5, 0.6) is 0 Å². The molecular weight excluding hydrogens is 282 g/mol. The van der Waals surface area contributed by atoms with E-state index >= 15 is 0 Å². The van der Waals surface area contributed by atoms with Crippen LogP contribution >= 0.6 is 0 Å². The molecular formula is C21H25NO. The van der Waals surface area contributed by atoms with Crippen LogP contribution < -0.4 is 0 Å². The average Bonchev–Trinajstić information content (AvgIpc) is 2.60. The van der Waals surface area contributed by atoms with Gasteiger partial charge in [-0.3, -0.25) is 9.78 Å². The molecule has 120 valence electrons. The Labute approximate surface area is 139 Å². The van der Waals surface area contributed by atoms with Gasteiger partial charge in [0.1, 0.15) is 5.78 Å². The predicted octanol–water partition coefficient (Wildman–Crippen LogP) is 4.73. The Kier molecular flexibility index (Phi) is 5.22. The van der Waals surface area contributed by atoms with Crippen LogP contribution in [-0.4, -0.2) is 10.8 Å². The summed E-state index contributed by atoms with van der Waals surface area (Å²) in [6, 6.07) is 14.5. The number of aryl methyl sites for hydroxylation is 1. The molecule has 0 aliphatic heterocycles. The largest absolute Gasteiger partial charge is 0.299 e. The van der Waals surface area contributed by atoms with E-state index in [9.17, 15) is 4.79 Å². The normalized spacial score (nSPS) is 20.3. The van der Waals surface area contributed by atoms with Gasteiger partial charge in [-0.05, 0) is 48.9 Å². The summed E-state index contributed by atoms with van der Waals surface area (Å²) < 4.78 is 0. The third-order valence-electron chi connectivity index (χ3n) is 4.96. The van der Waals surface area contributed by atoms with Gasteiger partial charge in [0, 0.05) is 23.7 Å². The van der Waals surface area contributed by atoms with E-state index in [-0.39, 0.29) is 11.8 Å². The minimum Gasteiger partial charge on any atom is -0.299 e. The van der Waals surface area contributed by atoms with Gasteiger partial charge in [0.05, 0.1) is 0 Å². The number of hydrogen-bond donors (Lipinski definition) is 0. The average molecular weight is 307 g/mol. The van der Waals surface area contributed by atoms with E-state index in [0.717, 1.165) is 44.2 Å². The van der Waals surface area contributed by atoms with E-state index in [1.165, 1.54) is 11.1 Å². The molecule has 1 heterocycles. The van der Waals surface area contributed by atoms with Crippen molar-refractivity contribution in [2.24, 2.45) is 5.92 Å². The van der Waals surface area contributed by atoms with Gasteiger partial charge < -0.3 is 0 Å². The van der Waals surface area contributed by atoms with Crippen molar-refractivity contribution in [3.05, 3.63) is 65.5 Å². The van der Waals surface area contributed by atoms with Gasteiger partial charge >= 0.3 is 0 Å². The molecule has 2 atom stereocenters. The highest BCUT2D eigenvalue weighted by atomic mass is 16.1. The zero-order valence-electron chi connectivity index (χ0n) is 13.9. The summed E-state index contributed by atoms with van der Waals surface area (Å²) >= 11 is 0. The number of carbonyl (C=O) groups excluding carboxylic acids is 1. The van der Waals surface area contributed by atoms with Crippen LogP contribution in [0.3, 0.4) is 0 Å². The second-order valence-corrected chi connectivity index (χ2v) is 6.56. The van der Waals surface area contributed by atoms with E-state index in [4.69, 9.17) is 0 Å². The first-order valence-corrected chi connectivity index (χ1v) is 8.81. The second-order valence-electron chi connectivity index (χ2n) is 6.56. The Hall–Kier alpha value is -1.96. The Morgan fingerprint density at radius 3 is 2.70 bits per heavy atom. The molecule has 1 aromatic carbocycles. The minimum atomic E-state index is 0.105. The van der Waals surface area contributed by atoms with Crippen molar-refractivity contribution in [1.29, 1.82) is 0 Å². The molecule has 1 aliphatic carbocycles. The summed E-state index contributed by atoms with van der Waals surface area (Å²) in [6.45, 7) is 2.19. The number of ketones is 1. The zero-order chi connectivity index (χ0) is 16.1. The maximum absolute atomic E-state index is 13.0. The highest BCUT2D eigenvalue weighted by molar-refractivity contribution is 5.90. The van der Waals surface area contributed by atoms with Gasteiger partial charge in [0.2, 0.25) is 0 Å². The second kappa shape index (κ2) is 7.54. The third-order valence-corrected chi connectivity index (χ3v) is 4.96. The Morgan fingerprint density at radius 1 is 1.09 bits per heavy atom. The molecule has 2 nitrogen and oxygen atoms in total. The first kappa shape index (κ1) is 15.9. The first-order chi connectivity index (χ1) is 11.3. The van der Waals surface area contributed by atoms with Crippen molar-refractivity contribution in [3.8, 4) is 0 Å². The van der Waals surface area contributed by atoms with E-state index in [2.05, 4.69) is 42.2 Å². The molecule has 0 bridgehead atoms. The van der Waals surface area contributed by atoms with Crippen LogP contribution in [0.1, 0.15) is 55.3 Å². The minimum absolute atomic E-state index is 0.105. The lowest BCUT2D eigenvalue weighted by Crippen LogP contribution is -2.30. The number of carbonyl (C=O) groups is 1. The fourth-order valence-electron chi connectivity index (χ4n) is 3.68. The summed E-state index contributed by atoms with van der Waals surface area (Å²) in [5.74, 6) is 0.704. The standard InChI is InChI=1S/C21H25NO/c1-2-3-10-20-19-11-5-4-8-16(19)15-17(21(20)23)12-13-18-9-6-7-14-22-18/h4-9,11,14,17,20H,2-3,10,12-13,15H2,1H3. The molecule has 0 spiro atoms. The van der Waals surface area contributed by atoms with E-state index in [1.807, 2.05) is 18.3 Å². The number of Topliss-reactive ketones (excluding diaryl/α,β-unsaturated/α-hetero) is 1. The Bertz CT molecular complexity index is 650. The Morgan fingerprint density at radius 2 is 1.91 bits per heavy atom. The number of rotatable bonds is 6. The summed E-state index contributed by atoms with van der Waals surface area (Å²) in [7, 11) is 0. The summed E-state index contributed by atoms with van der Waals surface area (Å²) in [6.07, 6.45) is 7.78. The van der Waals surface area contributed by atoms with Crippen molar-refractivity contribution in [3.63, 3.8) is 0 Å². The van der Waals surface area contributed by atoms with Gasteiger partial charge in [-0.2, -0.15) is 0 Å². The van der Waals surface area contributed by atoms with Crippen molar-refractivity contribution < 1.29 is 4.79 Å². The van der Waals surface area contributed by atoms with Crippen LogP contribution in [0.4, 0.5) is 0 Å². The lowest BCUT2D eigenvalue weighted by atomic mass is 9.72. The molecule has 0 amide bonds. The van der Waals surface area contributed by atoms with Crippen molar-refractivity contribution in [2.75, 3.05) is 0 Å². The summed E-state index contributed by atoms with van der Waals surface area (Å²) in [4.78, 5) is 17.4. The van der Waals surface area contributed by atoms with E-state index in [0.29, 0.717) is 5.78 Å². The van der Waals surface area contributed by atoms with E-state index < -0.39 is 0 Å². The van der Waals surface area contributed by atoms with Crippen molar-refractivity contribution in [2.45, 2.75) is 51.4 Å². The molecule has 3 rings (SSSR count). The topological polar surface area (TPSA) is 30.0 Å². The molecule has 1 aromatic heterocycles. The number of benzene rings is 1. The number of unbranched alkanes of at least 4 members (excludes halogenated alkanes) is 1. The molecule has 2 unspecified atom stereocenters. The SMILES string of the molecule is CCCCC1C(=O)C(CCc2ccccn2)Cc2ccccc21. The zero-order valence-corrected chi connectivity index (χ0v) is 13.9. The van der Waals surface area contributed by atoms with Crippen molar-refractivity contribution in [1.82, 2.24) is 4.98 Å². The predicted molar refractivity (Wildman–Crippen MR) is 93.5 cm³/mol. The quantitative estimate of drug-likeness (QED) is 0.772. The fourth-order valence-corrected chi connectivity index (χ4v) is 3.68. The van der Waals surface area contributed by atoms with Gasteiger partial charge in [-0.15, -0.1) is 0 Å². The van der Waals surface area contributed by atoms with Crippen LogP contribution in [0, 0.1) is 5.92 Å². The highest BCUT2D eigenvalue weighted by Crippen LogP contribution is 2.36. The molecule has 1 aliphatic rings. The van der Waals surface area contributed by atoms with Crippen LogP contribution in [0.25, 0.3) is 0 Å².